The Morgan fingerprint density at radius 2 is 0.827 bits per heavy atom. The van der Waals surface area contributed by atoms with Gasteiger partial charge < -0.3 is 9.32 Å². The molecule has 0 aliphatic rings. The van der Waals surface area contributed by atoms with Crippen LogP contribution in [0.15, 0.2) is 180 Å². The molecule has 0 spiro atoms. The van der Waals surface area contributed by atoms with Crippen molar-refractivity contribution in [2.75, 3.05) is 4.90 Å². The third-order valence-electron chi connectivity index (χ3n) is 10.3. The molecule has 0 aliphatic carbocycles. The molecule has 0 aliphatic heterocycles. The van der Waals surface area contributed by atoms with Gasteiger partial charge in [-0.25, -0.2) is 0 Å². The van der Waals surface area contributed by atoms with Crippen molar-refractivity contribution in [1.82, 2.24) is 0 Å². The number of hydrogen-bond donors (Lipinski definition) is 0. The maximum atomic E-state index is 6.61. The van der Waals surface area contributed by atoms with Crippen molar-refractivity contribution in [1.29, 1.82) is 0 Å². The first-order valence-corrected chi connectivity index (χ1v) is 19.1. The molecular weight excluding hydrogens is 671 g/mol. The Morgan fingerprint density at radius 1 is 0.365 bits per heavy atom. The summed E-state index contributed by atoms with van der Waals surface area (Å²) < 4.78 is 11.9. The van der Waals surface area contributed by atoms with Crippen LogP contribution in [-0.4, -0.2) is 0 Å². The Bertz CT molecular complexity index is 2970. The smallest absolute Gasteiger partial charge is 0.159 e. The quantitative estimate of drug-likeness (QED) is 0.178. The van der Waals surface area contributed by atoms with Gasteiger partial charge in [0, 0.05) is 62.5 Å². The first kappa shape index (κ1) is 29.5. The topological polar surface area (TPSA) is 16.4 Å². The second-order valence-electron chi connectivity index (χ2n) is 13.2. The van der Waals surface area contributed by atoms with Gasteiger partial charge in [-0.05, 0) is 82.9 Å². The van der Waals surface area contributed by atoms with Gasteiger partial charge in [0.05, 0.1) is 5.69 Å². The van der Waals surface area contributed by atoms with Gasteiger partial charge in [-0.2, -0.15) is 0 Å². The highest BCUT2D eigenvalue weighted by Gasteiger charge is 2.20. The van der Waals surface area contributed by atoms with E-state index < -0.39 is 0 Å². The van der Waals surface area contributed by atoms with Gasteiger partial charge in [0.25, 0.3) is 0 Å². The lowest BCUT2D eigenvalue weighted by atomic mass is 9.98. The minimum atomic E-state index is 0.876. The average molecular weight is 700 g/mol. The number of para-hydroxylation sites is 2. The van der Waals surface area contributed by atoms with Crippen LogP contribution >= 0.6 is 22.7 Å². The number of fused-ring (bicyclic) bond motifs is 9. The highest BCUT2D eigenvalue weighted by molar-refractivity contribution is 7.26. The van der Waals surface area contributed by atoms with Crippen LogP contribution < -0.4 is 4.90 Å². The minimum absolute atomic E-state index is 0.876. The summed E-state index contributed by atoms with van der Waals surface area (Å²) in [6, 6.07) is 63.6. The molecule has 0 atom stereocenters. The van der Waals surface area contributed by atoms with Crippen molar-refractivity contribution in [2.45, 2.75) is 0 Å². The van der Waals surface area contributed by atoms with E-state index in [1.54, 1.807) is 0 Å². The largest absolute Gasteiger partial charge is 0.454 e. The summed E-state index contributed by atoms with van der Waals surface area (Å²) >= 11 is 3.72. The Labute approximate surface area is 308 Å². The molecule has 0 bridgehead atoms. The van der Waals surface area contributed by atoms with Crippen LogP contribution in [0, 0.1) is 0 Å². The predicted octanol–water partition coefficient (Wildman–Crippen LogP) is 15.1. The van der Waals surface area contributed by atoms with Gasteiger partial charge in [-0.15, -0.1) is 22.7 Å². The number of nitrogens with zero attached hydrogens (tertiary/aromatic N) is 1. The van der Waals surface area contributed by atoms with Gasteiger partial charge in [0.2, 0.25) is 0 Å². The summed E-state index contributed by atoms with van der Waals surface area (Å²) in [6.45, 7) is 0. The first-order chi connectivity index (χ1) is 25.8. The summed E-state index contributed by atoms with van der Waals surface area (Å²) in [6.07, 6.45) is 0. The molecule has 0 radical (unpaired) electrons. The fourth-order valence-electron chi connectivity index (χ4n) is 7.95. The molecule has 11 aromatic rings. The van der Waals surface area contributed by atoms with Crippen molar-refractivity contribution in [3.05, 3.63) is 176 Å². The van der Waals surface area contributed by atoms with Crippen LogP contribution in [0.25, 0.3) is 84.5 Å². The normalized spacial score (nSPS) is 11.8. The zero-order chi connectivity index (χ0) is 34.2. The number of thiophene rings is 2. The second-order valence-corrected chi connectivity index (χ2v) is 15.4. The third kappa shape index (κ3) is 4.55. The summed E-state index contributed by atoms with van der Waals surface area (Å²) in [4.78, 5) is 2.33. The highest BCUT2D eigenvalue weighted by atomic mass is 32.1. The Hall–Kier alpha value is -6.20. The van der Waals surface area contributed by atoms with E-state index in [9.17, 15) is 0 Å². The lowest BCUT2D eigenvalue weighted by Gasteiger charge is -2.26. The van der Waals surface area contributed by atoms with E-state index in [4.69, 9.17) is 4.42 Å². The molecule has 3 heterocycles. The molecule has 0 amide bonds. The van der Waals surface area contributed by atoms with Crippen molar-refractivity contribution >= 4 is 102 Å². The van der Waals surface area contributed by atoms with Crippen LogP contribution in [-0.2, 0) is 0 Å². The minimum Gasteiger partial charge on any atom is -0.454 e. The van der Waals surface area contributed by atoms with Gasteiger partial charge in [0.1, 0.15) is 5.58 Å². The molecule has 2 nitrogen and oxygen atoms in total. The molecule has 0 N–H and O–H groups in total. The van der Waals surface area contributed by atoms with Gasteiger partial charge >= 0.3 is 0 Å². The van der Waals surface area contributed by atoms with Crippen LogP contribution in [0.1, 0.15) is 0 Å². The first-order valence-electron chi connectivity index (χ1n) is 17.5. The lowest BCUT2D eigenvalue weighted by Crippen LogP contribution is -2.10. The fourth-order valence-corrected chi connectivity index (χ4v) is 10.2. The van der Waals surface area contributed by atoms with E-state index >= 15 is 0 Å². The molecular formula is C48H29NOS2. The van der Waals surface area contributed by atoms with Crippen molar-refractivity contribution in [3.8, 4) is 22.3 Å². The Balaban J connectivity index is 1.07. The van der Waals surface area contributed by atoms with E-state index in [1.807, 2.05) is 28.7 Å². The van der Waals surface area contributed by atoms with Crippen LogP contribution in [0.2, 0.25) is 0 Å². The third-order valence-corrected chi connectivity index (χ3v) is 12.6. The number of anilines is 3. The average Bonchev–Trinajstić information content (AvgIpc) is 3.90. The van der Waals surface area contributed by atoms with Crippen molar-refractivity contribution < 1.29 is 4.42 Å². The number of rotatable bonds is 5. The second kappa shape index (κ2) is 11.7. The number of hydrogen-bond acceptors (Lipinski definition) is 4. The Morgan fingerprint density at radius 3 is 1.40 bits per heavy atom. The van der Waals surface area contributed by atoms with E-state index in [0.717, 1.165) is 39.0 Å². The van der Waals surface area contributed by atoms with E-state index in [2.05, 4.69) is 175 Å². The van der Waals surface area contributed by atoms with Gasteiger partial charge in [-0.3, -0.25) is 0 Å². The van der Waals surface area contributed by atoms with E-state index in [1.165, 1.54) is 62.6 Å². The maximum Gasteiger partial charge on any atom is 0.159 e. The molecule has 8 aromatic carbocycles. The van der Waals surface area contributed by atoms with Gasteiger partial charge in [-0.1, -0.05) is 115 Å². The zero-order valence-electron chi connectivity index (χ0n) is 27.9. The molecule has 11 rings (SSSR count). The standard InChI is InChI=1S/C48H29NOS2/c1-4-17-41-36(10-1)37-15-7-16-40(48(37)50-41)49(32-26-22-30(23-27-32)34-13-8-20-44-46(34)38-11-2-5-18-42(38)51-44)33-28-24-31(25-29-33)35-14-9-21-45-47(35)39-12-3-6-19-43(39)52-45/h1-29H. The SMILES string of the molecule is c1ccc2c(c1)oc1c(N(c3ccc(-c4cccc5sc6ccccc6c45)cc3)c3ccc(-c4cccc5sc6ccccc6c45)cc3)cccc12. The molecule has 0 saturated heterocycles. The molecule has 52 heavy (non-hydrogen) atoms. The fraction of sp³-hybridized carbons (Fsp3) is 0. The van der Waals surface area contributed by atoms with Crippen LogP contribution in [0.3, 0.4) is 0 Å². The number of furan rings is 1. The Kier molecular flexibility index (Phi) is 6.63. The summed E-state index contributed by atoms with van der Waals surface area (Å²) in [5, 5.41) is 7.50. The van der Waals surface area contributed by atoms with Crippen molar-refractivity contribution in [3.63, 3.8) is 0 Å². The molecule has 0 unspecified atom stereocenters. The monoisotopic (exact) mass is 699 g/mol. The van der Waals surface area contributed by atoms with Crippen molar-refractivity contribution in [2.24, 2.45) is 0 Å². The van der Waals surface area contributed by atoms with Gasteiger partial charge in [0.15, 0.2) is 5.58 Å². The van der Waals surface area contributed by atoms with Crippen LogP contribution in [0.5, 0.6) is 0 Å². The number of benzene rings is 8. The zero-order valence-corrected chi connectivity index (χ0v) is 29.5. The highest BCUT2D eigenvalue weighted by Crippen LogP contribution is 2.45. The summed E-state index contributed by atoms with van der Waals surface area (Å²) in [5.41, 5.74) is 9.82. The molecule has 0 fully saturated rings. The lowest BCUT2D eigenvalue weighted by molar-refractivity contribution is 0.669. The summed E-state index contributed by atoms with van der Waals surface area (Å²) in [7, 11) is 0. The molecule has 0 saturated carbocycles. The predicted molar refractivity (Wildman–Crippen MR) is 225 cm³/mol. The van der Waals surface area contributed by atoms with Crippen LogP contribution in [0.4, 0.5) is 17.1 Å². The summed E-state index contributed by atoms with van der Waals surface area (Å²) in [5.74, 6) is 0. The van der Waals surface area contributed by atoms with E-state index in [-0.39, 0.29) is 0 Å². The molecule has 4 heteroatoms. The van der Waals surface area contributed by atoms with E-state index in [0.29, 0.717) is 0 Å². The maximum absolute atomic E-state index is 6.61. The molecule has 244 valence electrons. The molecule has 3 aromatic heterocycles.